The molecule has 0 radical (unpaired) electrons. The van der Waals surface area contributed by atoms with Gasteiger partial charge in [0.15, 0.2) is 11.5 Å². The van der Waals surface area contributed by atoms with Crippen LogP contribution < -0.4 is 5.32 Å². The number of benzene rings is 1. The first-order valence-electron chi connectivity index (χ1n) is 9.40. The first kappa shape index (κ1) is 19.2. The average Bonchev–Trinajstić information content (AvgIpc) is 3.34. The fourth-order valence-corrected chi connectivity index (χ4v) is 4.81. The van der Waals surface area contributed by atoms with Crippen molar-refractivity contribution in [2.75, 3.05) is 18.2 Å². The van der Waals surface area contributed by atoms with Gasteiger partial charge in [-0.3, -0.25) is 4.79 Å². The summed E-state index contributed by atoms with van der Waals surface area (Å²) in [6.07, 6.45) is 2.95. The Morgan fingerprint density at radius 1 is 1.23 bits per heavy atom. The molecule has 1 aliphatic rings. The average molecular weight is 435 g/mol. The summed E-state index contributed by atoms with van der Waals surface area (Å²) < 4.78 is 6.40. The van der Waals surface area contributed by atoms with Crippen molar-refractivity contribution >= 4 is 40.6 Å². The summed E-state index contributed by atoms with van der Waals surface area (Å²) in [6.45, 7) is 1.90. The fraction of sp³-hybridized carbons (Fsp3) is 0.200. The number of imidazole rings is 1. The molecule has 0 unspecified atom stereocenters. The molecule has 156 valence electrons. The second-order valence-corrected chi connectivity index (χ2v) is 8.00. The Morgan fingerprint density at radius 3 is 2.81 bits per heavy atom. The summed E-state index contributed by atoms with van der Waals surface area (Å²) in [5, 5.41) is 7.50. The Labute approximate surface area is 180 Å². The van der Waals surface area contributed by atoms with Gasteiger partial charge in [-0.25, -0.2) is 19.7 Å². The summed E-state index contributed by atoms with van der Waals surface area (Å²) in [4.78, 5) is 40.0. The summed E-state index contributed by atoms with van der Waals surface area (Å²) in [5.74, 6) is 0.814. The van der Waals surface area contributed by atoms with Crippen LogP contribution in [0.15, 0.2) is 36.9 Å². The number of thioether (sulfide) groups is 1. The van der Waals surface area contributed by atoms with E-state index in [1.165, 1.54) is 31.5 Å². The van der Waals surface area contributed by atoms with E-state index < -0.39 is 5.97 Å². The van der Waals surface area contributed by atoms with Crippen LogP contribution >= 0.6 is 11.8 Å². The van der Waals surface area contributed by atoms with Crippen molar-refractivity contribution in [3.8, 4) is 5.82 Å². The lowest BCUT2D eigenvalue weighted by Gasteiger charge is -2.15. The summed E-state index contributed by atoms with van der Waals surface area (Å²) >= 11 is 1.50. The second kappa shape index (κ2) is 7.51. The van der Waals surface area contributed by atoms with Gasteiger partial charge in [0.05, 0.1) is 35.7 Å². The number of aryl methyl sites for hydroxylation is 1. The van der Waals surface area contributed by atoms with E-state index in [4.69, 9.17) is 4.74 Å². The molecule has 0 bridgehead atoms. The number of nitrogens with one attached hydrogen (secondary N) is 2. The molecule has 1 aromatic carbocycles. The number of rotatable bonds is 3. The van der Waals surface area contributed by atoms with E-state index in [1.807, 2.05) is 19.1 Å². The molecule has 3 aromatic heterocycles. The minimum atomic E-state index is -0.395. The fourth-order valence-electron chi connectivity index (χ4n) is 3.62. The number of H-pyrrole nitrogens is 1. The number of anilines is 1. The van der Waals surface area contributed by atoms with E-state index in [-0.39, 0.29) is 16.9 Å². The van der Waals surface area contributed by atoms with Crippen LogP contribution in [0.2, 0.25) is 0 Å². The number of ether oxygens (including phenoxy) is 1. The zero-order valence-corrected chi connectivity index (χ0v) is 17.4. The van der Waals surface area contributed by atoms with Crippen molar-refractivity contribution < 1.29 is 14.3 Å². The number of carbonyl (C=O) groups is 2. The minimum absolute atomic E-state index is 0.129. The molecule has 0 fully saturated rings. The Hall–Kier alpha value is -3.73. The van der Waals surface area contributed by atoms with E-state index in [0.717, 1.165) is 16.8 Å². The molecular weight excluding hydrogens is 418 g/mol. The van der Waals surface area contributed by atoms with Crippen molar-refractivity contribution in [1.29, 1.82) is 0 Å². The van der Waals surface area contributed by atoms with Crippen LogP contribution in [0.1, 0.15) is 32.4 Å². The number of fused-ring (bicyclic) bond motifs is 2. The lowest BCUT2D eigenvalue weighted by Crippen LogP contribution is -2.16. The first-order valence-corrected chi connectivity index (χ1v) is 10.5. The van der Waals surface area contributed by atoms with Crippen LogP contribution in [-0.4, -0.2) is 54.5 Å². The SMILES string of the molecule is COC(=O)c1ccc([C@@H]2SCC(=O)Nc3c2c(C)nn3-c2ncnc3nc[nH]c23)cc1. The predicted molar refractivity (Wildman–Crippen MR) is 114 cm³/mol. The van der Waals surface area contributed by atoms with Crippen LogP contribution in [0.4, 0.5) is 5.82 Å². The van der Waals surface area contributed by atoms with E-state index in [0.29, 0.717) is 28.4 Å². The van der Waals surface area contributed by atoms with Crippen LogP contribution in [0, 0.1) is 6.92 Å². The maximum atomic E-state index is 12.5. The maximum Gasteiger partial charge on any atom is 0.337 e. The molecule has 1 atom stereocenters. The van der Waals surface area contributed by atoms with Crippen molar-refractivity contribution in [3.05, 3.63) is 59.3 Å². The van der Waals surface area contributed by atoms with E-state index in [9.17, 15) is 9.59 Å². The molecule has 4 heterocycles. The standard InChI is InChI=1S/C20H17N7O3S/c1-10-14-16(11-3-5-12(6-4-11)20(29)30-2)31-7-13(28)25-18(14)27(26-10)19-15-17(22-8-21-15)23-9-24-19/h3-6,8-9,16H,7H2,1-2H3,(H,25,28)(H,21,22,23,24)/t16-/m0/s1. The van der Waals surface area contributed by atoms with Crippen molar-refractivity contribution in [2.45, 2.75) is 12.2 Å². The summed E-state index contributed by atoms with van der Waals surface area (Å²) in [5.41, 5.74) is 4.20. The highest BCUT2D eigenvalue weighted by atomic mass is 32.2. The topological polar surface area (TPSA) is 128 Å². The molecule has 0 saturated carbocycles. The lowest BCUT2D eigenvalue weighted by atomic mass is 10.0. The Morgan fingerprint density at radius 2 is 2.03 bits per heavy atom. The second-order valence-electron chi connectivity index (χ2n) is 6.91. The third-order valence-corrected chi connectivity index (χ3v) is 6.32. The molecule has 10 nitrogen and oxygen atoms in total. The third-order valence-electron chi connectivity index (χ3n) is 5.05. The monoisotopic (exact) mass is 435 g/mol. The highest BCUT2D eigenvalue weighted by Crippen LogP contribution is 2.44. The highest BCUT2D eigenvalue weighted by Gasteiger charge is 2.31. The van der Waals surface area contributed by atoms with Crippen LogP contribution in [0.5, 0.6) is 0 Å². The first-order chi connectivity index (χ1) is 15.1. The maximum absolute atomic E-state index is 12.5. The van der Waals surface area contributed by atoms with Gasteiger partial charge in [-0.05, 0) is 24.6 Å². The number of aromatic nitrogens is 6. The van der Waals surface area contributed by atoms with Gasteiger partial charge in [-0.1, -0.05) is 12.1 Å². The number of hydrogen-bond donors (Lipinski definition) is 2. The highest BCUT2D eigenvalue weighted by molar-refractivity contribution is 8.00. The van der Waals surface area contributed by atoms with Gasteiger partial charge in [-0.15, -0.1) is 11.8 Å². The normalized spacial score (nSPS) is 15.9. The zero-order valence-electron chi connectivity index (χ0n) is 16.6. The van der Waals surface area contributed by atoms with E-state index in [2.05, 4.69) is 30.4 Å². The molecule has 1 aliphatic heterocycles. The molecule has 31 heavy (non-hydrogen) atoms. The number of aromatic amines is 1. The van der Waals surface area contributed by atoms with Gasteiger partial charge in [0.2, 0.25) is 5.91 Å². The number of esters is 1. The van der Waals surface area contributed by atoms with Gasteiger partial charge in [0, 0.05) is 5.56 Å². The van der Waals surface area contributed by atoms with Crippen molar-refractivity contribution in [1.82, 2.24) is 29.7 Å². The quantitative estimate of drug-likeness (QED) is 0.470. The third kappa shape index (κ3) is 3.22. The van der Waals surface area contributed by atoms with Crippen LogP contribution in [-0.2, 0) is 9.53 Å². The van der Waals surface area contributed by atoms with Gasteiger partial charge < -0.3 is 15.0 Å². The van der Waals surface area contributed by atoms with Crippen molar-refractivity contribution in [2.24, 2.45) is 0 Å². The lowest BCUT2D eigenvalue weighted by molar-refractivity contribution is -0.113. The molecular formula is C20H17N7O3S. The van der Waals surface area contributed by atoms with Gasteiger partial charge in [-0.2, -0.15) is 9.78 Å². The zero-order chi connectivity index (χ0) is 21.5. The Kier molecular flexibility index (Phi) is 4.66. The van der Waals surface area contributed by atoms with E-state index in [1.54, 1.807) is 16.8 Å². The largest absolute Gasteiger partial charge is 0.465 e. The smallest absolute Gasteiger partial charge is 0.337 e. The minimum Gasteiger partial charge on any atom is -0.465 e. The Balaban J connectivity index is 1.65. The molecule has 5 rings (SSSR count). The van der Waals surface area contributed by atoms with E-state index >= 15 is 0 Å². The molecule has 4 aromatic rings. The molecule has 1 amide bonds. The summed E-state index contributed by atoms with van der Waals surface area (Å²) in [7, 11) is 1.35. The van der Waals surface area contributed by atoms with Crippen molar-refractivity contribution in [3.63, 3.8) is 0 Å². The van der Waals surface area contributed by atoms with Gasteiger partial charge in [0.1, 0.15) is 17.7 Å². The van der Waals surface area contributed by atoms with Gasteiger partial charge in [0.25, 0.3) is 0 Å². The van der Waals surface area contributed by atoms with Gasteiger partial charge >= 0.3 is 5.97 Å². The molecule has 0 aliphatic carbocycles. The molecule has 0 spiro atoms. The van der Waals surface area contributed by atoms with Crippen LogP contribution in [0.3, 0.4) is 0 Å². The molecule has 11 heteroatoms. The van der Waals surface area contributed by atoms with Crippen LogP contribution in [0.25, 0.3) is 17.0 Å². The Bertz CT molecular complexity index is 1310. The summed E-state index contributed by atoms with van der Waals surface area (Å²) in [6, 6.07) is 7.19. The number of amides is 1. The number of hydrogen-bond acceptors (Lipinski definition) is 8. The molecule has 2 N–H and O–H groups in total. The predicted octanol–water partition coefficient (Wildman–Crippen LogP) is 2.41. The number of carbonyl (C=O) groups excluding carboxylic acids is 2. The number of methoxy groups -OCH3 is 1. The molecule has 0 saturated heterocycles. The number of nitrogens with zero attached hydrogens (tertiary/aromatic N) is 5.